The summed E-state index contributed by atoms with van der Waals surface area (Å²) in [6.45, 7) is -0.244. The van der Waals surface area contributed by atoms with Crippen LogP contribution in [0.2, 0.25) is 0 Å². The number of alkyl halides is 3. The fourth-order valence-electron chi connectivity index (χ4n) is 3.76. The van der Waals surface area contributed by atoms with Crippen molar-refractivity contribution in [3.05, 3.63) is 59.7 Å². The van der Waals surface area contributed by atoms with Crippen LogP contribution in [0.25, 0.3) is 11.1 Å². The third-order valence-corrected chi connectivity index (χ3v) is 5.31. The van der Waals surface area contributed by atoms with Crippen LogP contribution in [0.3, 0.4) is 0 Å². The molecule has 0 bridgehead atoms. The number of rotatable bonds is 9. The van der Waals surface area contributed by atoms with Crippen LogP contribution < -0.4 is 10.6 Å². The van der Waals surface area contributed by atoms with Crippen LogP contribution in [0.1, 0.15) is 36.3 Å². The van der Waals surface area contributed by atoms with Crippen molar-refractivity contribution in [2.24, 2.45) is 0 Å². The van der Waals surface area contributed by atoms with Gasteiger partial charge >= 0.3 is 18.2 Å². The molecule has 2 aromatic rings. The van der Waals surface area contributed by atoms with Crippen molar-refractivity contribution in [3.63, 3.8) is 0 Å². The predicted octanol–water partition coefficient (Wildman–Crippen LogP) is 3.83. The van der Waals surface area contributed by atoms with Gasteiger partial charge in [-0.05, 0) is 28.7 Å². The summed E-state index contributed by atoms with van der Waals surface area (Å²) in [5.41, 5.74) is 3.80. The number of alkyl carbamates (subject to hydrolysis) is 1. The van der Waals surface area contributed by atoms with Gasteiger partial charge in [-0.25, -0.2) is 4.79 Å². The molecule has 0 aliphatic heterocycles. The number of benzene rings is 2. The summed E-state index contributed by atoms with van der Waals surface area (Å²) in [5.74, 6) is -2.35. The molecule has 1 aliphatic rings. The van der Waals surface area contributed by atoms with Crippen molar-refractivity contribution in [1.29, 1.82) is 0 Å². The number of nitrogens with one attached hydrogen (secondary N) is 2. The maximum atomic E-state index is 13.3. The molecule has 7 nitrogen and oxygen atoms in total. The van der Waals surface area contributed by atoms with E-state index in [1.54, 1.807) is 5.32 Å². The molecule has 10 heteroatoms. The number of carbonyl (C=O) groups excluding carboxylic acids is 2. The van der Waals surface area contributed by atoms with Gasteiger partial charge in [-0.2, -0.15) is 13.2 Å². The molecular formula is C23H23F3N2O5. The molecular weight excluding hydrogens is 441 g/mol. The second-order valence-corrected chi connectivity index (χ2v) is 7.62. The Labute approximate surface area is 187 Å². The lowest BCUT2D eigenvalue weighted by atomic mass is 9.98. The monoisotopic (exact) mass is 464 g/mol. The number of carboxylic acids is 1. The number of amides is 2. The van der Waals surface area contributed by atoms with Gasteiger partial charge in [-0.15, -0.1) is 0 Å². The maximum Gasteiger partial charge on any atom is 0.409 e. The largest absolute Gasteiger partial charge is 0.481 e. The van der Waals surface area contributed by atoms with Crippen molar-refractivity contribution in [3.8, 4) is 11.1 Å². The Morgan fingerprint density at radius 3 is 2.12 bits per heavy atom. The summed E-state index contributed by atoms with van der Waals surface area (Å²) in [4.78, 5) is 34.4. The molecule has 3 N–H and O–H groups in total. The molecule has 0 fully saturated rings. The van der Waals surface area contributed by atoms with Crippen LogP contribution >= 0.6 is 0 Å². The summed E-state index contributed by atoms with van der Waals surface area (Å²) >= 11 is 0. The van der Waals surface area contributed by atoms with E-state index >= 15 is 0 Å². The quantitative estimate of drug-likeness (QED) is 0.490. The van der Waals surface area contributed by atoms with Crippen LogP contribution in [-0.2, 0) is 14.3 Å². The third-order valence-electron chi connectivity index (χ3n) is 5.31. The minimum absolute atomic E-state index is 0.0809. The molecule has 0 aromatic heterocycles. The van der Waals surface area contributed by atoms with E-state index < -0.39 is 36.6 Å². The summed E-state index contributed by atoms with van der Waals surface area (Å²) in [5, 5.41) is 12.5. The fourth-order valence-corrected chi connectivity index (χ4v) is 3.76. The molecule has 1 unspecified atom stereocenters. The molecule has 2 amide bonds. The molecule has 2 aromatic carbocycles. The predicted molar refractivity (Wildman–Crippen MR) is 113 cm³/mol. The first kappa shape index (κ1) is 24.1. The van der Waals surface area contributed by atoms with Crippen molar-refractivity contribution in [1.82, 2.24) is 10.6 Å². The minimum atomic E-state index is -4.87. The van der Waals surface area contributed by atoms with Gasteiger partial charge in [0.25, 0.3) is 0 Å². The van der Waals surface area contributed by atoms with E-state index in [4.69, 9.17) is 9.84 Å². The molecule has 33 heavy (non-hydrogen) atoms. The number of ether oxygens (including phenoxy) is 1. The number of carboxylic acid groups (broad SMARTS) is 1. The summed E-state index contributed by atoms with van der Waals surface area (Å²) in [6, 6.07) is 12.6. The molecule has 3 rings (SSSR count). The normalized spacial score (nSPS) is 13.5. The Bertz CT molecular complexity index is 980. The standard InChI is InChI=1S/C23H23F3N2O5/c24-23(25,26)19(12-20(29)27-11-5-10-21(30)31)28-22(32)33-13-18-16-8-3-1-6-14(16)15-7-2-4-9-17(15)18/h1-4,6-9,18-19H,5,10-13H2,(H,27,29)(H,28,32)(H,30,31). The highest BCUT2D eigenvalue weighted by molar-refractivity contribution is 5.79. The number of fused-ring (bicyclic) bond motifs is 3. The molecule has 0 saturated carbocycles. The van der Waals surface area contributed by atoms with E-state index in [0.29, 0.717) is 0 Å². The minimum Gasteiger partial charge on any atom is -0.481 e. The van der Waals surface area contributed by atoms with Gasteiger partial charge < -0.3 is 20.5 Å². The fraction of sp³-hybridized carbons (Fsp3) is 0.348. The van der Waals surface area contributed by atoms with E-state index in [-0.39, 0.29) is 31.9 Å². The number of hydrogen-bond donors (Lipinski definition) is 3. The Morgan fingerprint density at radius 2 is 1.58 bits per heavy atom. The molecule has 0 spiro atoms. The Morgan fingerprint density at radius 1 is 1.00 bits per heavy atom. The highest BCUT2D eigenvalue weighted by Crippen LogP contribution is 2.44. The lowest BCUT2D eigenvalue weighted by Gasteiger charge is -2.22. The number of hydrogen-bond acceptors (Lipinski definition) is 4. The average Bonchev–Trinajstić information content (AvgIpc) is 3.08. The zero-order valence-electron chi connectivity index (χ0n) is 17.5. The molecule has 176 valence electrons. The lowest BCUT2D eigenvalue weighted by Crippen LogP contribution is -2.48. The third kappa shape index (κ3) is 6.24. The van der Waals surface area contributed by atoms with Gasteiger partial charge in [-0.1, -0.05) is 48.5 Å². The highest BCUT2D eigenvalue weighted by atomic mass is 19.4. The van der Waals surface area contributed by atoms with Crippen molar-refractivity contribution >= 4 is 18.0 Å². The van der Waals surface area contributed by atoms with E-state index in [2.05, 4.69) is 5.32 Å². The molecule has 1 atom stereocenters. The van der Waals surface area contributed by atoms with Gasteiger partial charge in [0, 0.05) is 18.9 Å². The van der Waals surface area contributed by atoms with Crippen LogP contribution in [-0.4, -0.2) is 48.4 Å². The van der Waals surface area contributed by atoms with Crippen LogP contribution in [0, 0.1) is 0 Å². The smallest absolute Gasteiger partial charge is 0.409 e. The van der Waals surface area contributed by atoms with Crippen molar-refractivity contribution in [2.75, 3.05) is 13.2 Å². The lowest BCUT2D eigenvalue weighted by molar-refractivity contribution is -0.160. The first-order valence-electron chi connectivity index (χ1n) is 10.3. The Hall–Kier alpha value is -3.56. The summed E-state index contributed by atoms with van der Waals surface area (Å²) < 4.78 is 45.2. The van der Waals surface area contributed by atoms with E-state index in [0.717, 1.165) is 22.3 Å². The van der Waals surface area contributed by atoms with Gasteiger partial charge in [0.2, 0.25) is 5.91 Å². The van der Waals surface area contributed by atoms with Crippen molar-refractivity contribution < 1.29 is 37.4 Å². The van der Waals surface area contributed by atoms with Gasteiger partial charge in [-0.3, -0.25) is 9.59 Å². The SMILES string of the molecule is O=C(O)CCCNC(=O)CC(NC(=O)OCC1c2ccccc2-c2ccccc21)C(F)(F)F. The topological polar surface area (TPSA) is 105 Å². The van der Waals surface area contributed by atoms with E-state index in [1.807, 2.05) is 48.5 Å². The highest BCUT2D eigenvalue weighted by Gasteiger charge is 2.42. The van der Waals surface area contributed by atoms with E-state index in [9.17, 15) is 27.6 Å². The van der Waals surface area contributed by atoms with E-state index in [1.165, 1.54) is 0 Å². The Balaban J connectivity index is 1.58. The molecule has 0 radical (unpaired) electrons. The molecule has 0 heterocycles. The average molecular weight is 464 g/mol. The number of halogens is 3. The van der Waals surface area contributed by atoms with Gasteiger partial charge in [0.15, 0.2) is 0 Å². The molecule has 1 aliphatic carbocycles. The summed E-state index contributed by atoms with van der Waals surface area (Å²) in [6.07, 6.45) is -7.33. The van der Waals surface area contributed by atoms with Gasteiger partial charge in [0.1, 0.15) is 12.6 Å². The Kier molecular flexibility index (Phi) is 7.57. The first-order chi connectivity index (χ1) is 15.7. The van der Waals surface area contributed by atoms with Crippen molar-refractivity contribution in [2.45, 2.75) is 37.4 Å². The molecule has 0 saturated heterocycles. The second kappa shape index (κ2) is 10.4. The van der Waals surface area contributed by atoms with Crippen LogP contribution in [0.4, 0.5) is 18.0 Å². The maximum absolute atomic E-state index is 13.3. The number of carbonyl (C=O) groups is 3. The van der Waals surface area contributed by atoms with Gasteiger partial charge in [0.05, 0.1) is 6.42 Å². The second-order valence-electron chi connectivity index (χ2n) is 7.62. The summed E-state index contributed by atoms with van der Waals surface area (Å²) in [7, 11) is 0. The van der Waals surface area contributed by atoms with Crippen LogP contribution in [0.15, 0.2) is 48.5 Å². The zero-order valence-corrected chi connectivity index (χ0v) is 17.5. The zero-order chi connectivity index (χ0) is 24.0. The van der Waals surface area contributed by atoms with Crippen LogP contribution in [0.5, 0.6) is 0 Å². The first-order valence-corrected chi connectivity index (χ1v) is 10.3. The number of aliphatic carboxylic acids is 1.